The van der Waals surface area contributed by atoms with Crippen molar-refractivity contribution in [2.24, 2.45) is 11.8 Å². The second-order valence-corrected chi connectivity index (χ2v) is 10.0. The molecule has 0 saturated heterocycles. The summed E-state index contributed by atoms with van der Waals surface area (Å²) in [7, 11) is -4.75. The Labute approximate surface area is 194 Å². The largest absolute Gasteiger partial charge is 0.465 e. The number of nitrogens with one attached hydrogen (secondary N) is 2. The number of benzene rings is 1. The SMILES string of the molecule is CC(C)COC(=O)CCNP(=O)(N[C@@H](C)C(=O)OCC(C)C)Oc1c(F)c(F)c(F)c(F)c1F. The zero-order valence-electron chi connectivity index (χ0n) is 19.3. The maximum absolute atomic E-state index is 14.1. The molecule has 0 aliphatic rings. The molecule has 194 valence electrons. The van der Waals surface area contributed by atoms with Gasteiger partial charge in [-0.15, -0.1) is 0 Å². The van der Waals surface area contributed by atoms with Gasteiger partial charge in [-0.3, -0.25) is 9.59 Å². The zero-order valence-corrected chi connectivity index (χ0v) is 20.2. The summed E-state index contributed by atoms with van der Waals surface area (Å²) < 4.78 is 96.4. The summed E-state index contributed by atoms with van der Waals surface area (Å²) in [6, 6.07) is -1.40. The molecular formula is C20H28F5N2O6P. The molecule has 34 heavy (non-hydrogen) atoms. The van der Waals surface area contributed by atoms with E-state index in [1.54, 1.807) is 27.7 Å². The lowest BCUT2D eigenvalue weighted by Gasteiger charge is -2.24. The van der Waals surface area contributed by atoms with Crippen molar-refractivity contribution in [3.8, 4) is 5.75 Å². The van der Waals surface area contributed by atoms with Crippen molar-refractivity contribution in [3.63, 3.8) is 0 Å². The lowest BCUT2D eigenvalue weighted by Crippen LogP contribution is -2.39. The molecule has 0 amide bonds. The Morgan fingerprint density at radius 2 is 1.29 bits per heavy atom. The summed E-state index contributed by atoms with van der Waals surface area (Å²) in [6.45, 7) is 7.92. The average molecular weight is 518 g/mol. The Morgan fingerprint density at radius 1 is 0.824 bits per heavy atom. The second kappa shape index (κ2) is 13.0. The van der Waals surface area contributed by atoms with Gasteiger partial charge in [0.05, 0.1) is 19.6 Å². The summed E-state index contributed by atoms with van der Waals surface area (Å²) in [6.07, 6.45) is -0.384. The normalized spacial score (nSPS) is 14.1. The first-order valence-electron chi connectivity index (χ1n) is 10.3. The van der Waals surface area contributed by atoms with Crippen LogP contribution >= 0.6 is 7.67 Å². The van der Waals surface area contributed by atoms with Crippen molar-refractivity contribution < 1.29 is 50.1 Å². The second-order valence-electron chi connectivity index (χ2n) is 8.15. The molecule has 0 aliphatic heterocycles. The lowest BCUT2D eigenvalue weighted by atomic mass is 10.2. The minimum atomic E-state index is -4.75. The lowest BCUT2D eigenvalue weighted by molar-refractivity contribution is -0.146. The fourth-order valence-corrected chi connectivity index (χ4v) is 3.86. The van der Waals surface area contributed by atoms with Gasteiger partial charge in [0.15, 0.2) is 0 Å². The van der Waals surface area contributed by atoms with Crippen molar-refractivity contribution in [3.05, 3.63) is 29.1 Å². The molecule has 8 nitrogen and oxygen atoms in total. The van der Waals surface area contributed by atoms with Gasteiger partial charge in [-0.2, -0.15) is 8.78 Å². The van der Waals surface area contributed by atoms with E-state index in [1.807, 2.05) is 0 Å². The number of hydrogen-bond donors (Lipinski definition) is 2. The molecule has 0 bridgehead atoms. The molecule has 1 aromatic carbocycles. The number of carbonyl (C=O) groups excluding carboxylic acids is 2. The molecule has 0 aliphatic carbocycles. The quantitative estimate of drug-likeness (QED) is 0.132. The molecular weight excluding hydrogens is 490 g/mol. The monoisotopic (exact) mass is 518 g/mol. The summed E-state index contributed by atoms with van der Waals surface area (Å²) >= 11 is 0. The van der Waals surface area contributed by atoms with Gasteiger partial charge in [0.2, 0.25) is 34.8 Å². The van der Waals surface area contributed by atoms with Crippen LogP contribution < -0.4 is 14.7 Å². The van der Waals surface area contributed by atoms with E-state index < -0.39 is 67.0 Å². The molecule has 1 rings (SSSR count). The highest BCUT2D eigenvalue weighted by Crippen LogP contribution is 2.43. The molecule has 1 unspecified atom stereocenters. The maximum atomic E-state index is 14.1. The molecule has 2 atom stereocenters. The van der Waals surface area contributed by atoms with Crippen LogP contribution in [0.4, 0.5) is 22.0 Å². The first-order chi connectivity index (χ1) is 15.7. The third-order valence-corrected chi connectivity index (χ3v) is 5.70. The number of halogens is 5. The van der Waals surface area contributed by atoms with Crippen LogP contribution in [-0.2, 0) is 23.6 Å². The Balaban J connectivity index is 3.12. The number of ether oxygens (including phenoxy) is 2. The van der Waals surface area contributed by atoms with Crippen LogP contribution in [0.1, 0.15) is 41.0 Å². The zero-order chi connectivity index (χ0) is 26.2. The summed E-state index contributed by atoms with van der Waals surface area (Å²) in [5.41, 5.74) is 0. The molecule has 14 heteroatoms. The summed E-state index contributed by atoms with van der Waals surface area (Å²) in [5.74, 6) is -15.3. The molecule has 0 saturated carbocycles. The Hall–Kier alpha value is -2.24. The van der Waals surface area contributed by atoms with Gasteiger partial charge in [-0.25, -0.2) is 27.9 Å². The standard InChI is InChI=1S/C20H28F5N2O6P/c1-10(2)8-31-13(28)6-7-26-34(30,27-12(5)20(29)32-9-11(3)4)33-19-17(24)15(22)14(21)16(23)18(19)25/h10-12H,6-9H2,1-5H3,(H2,26,27,30)/t12-,34?/m0/s1. The van der Waals surface area contributed by atoms with E-state index in [0.29, 0.717) is 0 Å². The molecule has 0 spiro atoms. The molecule has 0 aromatic heterocycles. The molecule has 0 radical (unpaired) electrons. The van der Waals surface area contributed by atoms with E-state index in [-0.39, 0.29) is 31.5 Å². The molecule has 2 N–H and O–H groups in total. The fraction of sp³-hybridized carbons (Fsp3) is 0.600. The Kier molecular flexibility index (Phi) is 11.4. The molecule has 0 fully saturated rings. The maximum Gasteiger partial charge on any atom is 0.391 e. The highest BCUT2D eigenvalue weighted by atomic mass is 31.2. The van der Waals surface area contributed by atoms with E-state index in [4.69, 9.17) is 9.47 Å². The van der Waals surface area contributed by atoms with Crippen LogP contribution in [0, 0.1) is 40.9 Å². The van der Waals surface area contributed by atoms with Crippen molar-refractivity contribution in [2.75, 3.05) is 19.8 Å². The Morgan fingerprint density at radius 3 is 1.79 bits per heavy atom. The predicted molar refractivity (Wildman–Crippen MR) is 111 cm³/mol. The van der Waals surface area contributed by atoms with Crippen LogP contribution in [0.2, 0.25) is 0 Å². The van der Waals surface area contributed by atoms with Crippen molar-refractivity contribution >= 4 is 19.6 Å². The van der Waals surface area contributed by atoms with Gasteiger partial charge in [0.25, 0.3) is 0 Å². The van der Waals surface area contributed by atoms with Gasteiger partial charge in [0, 0.05) is 6.54 Å². The fourth-order valence-electron chi connectivity index (χ4n) is 2.22. The van der Waals surface area contributed by atoms with Crippen molar-refractivity contribution in [1.82, 2.24) is 10.2 Å². The van der Waals surface area contributed by atoms with Crippen LogP contribution in [0.15, 0.2) is 0 Å². The third kappa shape index (κ3) is 8.84. The van der Waals surface area contributed by atoms with Crippen LogP contribution in [-0.4, -0.2) is 37.7 Å². The van der Waals surface area contributed by atoms with Gasteiger partial charge in [-0.05, 0) is 18.8 Å². The number of esters is 2. The minimum absolute atomic E-state index is 0.00275. The van der Waals surface area contributed by atoms with Crippen LogP contribution in [0.3, 0.4) is 0 Å². The van der Waals surface area contributed by atoms with Crippen molar-refractivity contribution in [1.29, 1.82) is 0 Å². The van der Waals surface area contributed by atoms with E-state index in [9.17, 15) is 36.1 Å². The number of carbonyl (C=O) groups is 2. The first-order valence-corrected chi connectivity index (χ1v) is 12.0. The van der Waals surface area contributed by atoms with Gasteiger partial charge >= 0.3 is 19.6 Å². The Bertz CT molecular complexity index is 902. The van der Waals surface area contributed by atoms with E-state index in [1.165, 1.54) is 6.92 Å². The molecule has 1 aromatic rings. The predicted octanol–water partition coefficient (Wildman–Crippen LogP) is 4.23. The first kappa shape index (κ1) is 29.8. The van der Waals surface area contributed by atoms with E-state index >= 15 is 0 Å². The highest BCUT2D eigenvalue weighted by Gasteiger charge is 2.36. The molecule has 0 heterocycles. The van der Waals surface area contributed by atoms with Gasteiger partial charge in [-0.1, -0.05) is 27.7 Å². The van der Waals surface area contributed by atoms with Crippen LogP contribution in [0.5, 0.6) is 5.75 Å². The van der Waals surface area contributed by atoms with Crippen LogP contribution in [0.25, 0.3) is 0 Å². The summed E-state index contributed by atoms with van der Waals surface area (Å²) in [5, 5.41) is 4.28. The smallest absolute Gasteiger partial charge is 0.391 e. The third-order valence-electron chi connectivity index (χ3n) is 3.89. The number of hydrogen-bond acceptors (Lipinski definition) is 6. The van der Waals surface area contributed by atoms with E-state index in [0.717, 1.165) is 0 Å². The van der Waals surface area contributed by atoms with Crippen molar-refractivity contribution in [2.45, 2.75) is 47.1 Å². The highest BCUT2D eigenvalue weighted by molar-refractivity contribution is 7.55. The van der Waals surface area contributed by atoms with Gasteiger partial charge < -0.3 is 14.0 Å². The van der Waals surface area contributed by atoms with Gasteiger partial charge in [0.1, 0.15) is 6.04 Å². The average Bonchev–Trinajstić information content (AvgIpc) is 2.76. The van der Waals surface area contributed by atoms with E-state index in [2.05, 4.69) is 14.7 Å². The summed E-state index contributed by atoms with van der Waals surface area (Å²) in [4.78, 5) is 23.9. The topological polar surface area (TPSA) is 103 Å². The minimum Gasteiger partial charge on any atom is -0.465 e. The number of rotatable bonds is 13.